The predicted molar refractivity (Wildman–Crippen MR) is 62.2 cm³/mol. The molecule has 1 heterocycles. The fourth-order valence-electron chi connectivity index (χ4n) is 2.90. The summed E-state index contributed by atoms with van der Waals surface area (Å²) in [5, 5.41) is 2.09. The highest BCUT2D eigenvalue weighted by atomic mass is 35.5. The van der Waals surface area contributed by atoms with Crippen LogP contribution in [0.4, 0.5) is 0 Å². The van der Waals surface area contributed by atoms with Gasteiger partial charge >= 0.3 is 0 Å². The molecule has 0 saturated carbocycles. The van der Waals surface area contributed by atoms with Crippen molar-refractivity contribution in [1.29, 1.82) is 0 Å². The quantitative estimate of drug-likeness (QED) is 0.727. The molecule has 2 unspecified atom stereocenters. The van der Waals surface area contributed by atoms with Crippen LogP contribution in [0.5, 0.6) is 0 Å². The summed E-state index contributed by atoms with van der Waals surface area (Å²) in [6.45, 7) is 2.16. The van der Waals surface area contributed by atoms with E-state index in [0.29, 0.717) is 5.92 Å². The third-order valence-corrected chi connectivity index (χ3v) is 3.60. The SMILES string of the molecule is CON1CC2Cc3ccccc3C2C1.Cl. The zero-order valence-electron chi connectivity index (χ0n) is 8.85. The van der Waals surface area contributed by atoms with Crippen LogP contribution in [0, 0.1) is 5.92 Å². The summed E-state index contributed by atoms with van der Waals surface area (Å²) in [6.07, 6.45) is 1.24. The molecule has 82 valence electrons. The topological polar surface area (TPSA) is 12.5 Å². The van der Waals surface area contributed by atoms with Crippen LogP contribution in [0.15, 0.2) is 24.3 Å². The van der Waals surface area contributed by atoms with Gasteiger partial charge in [0.05, 0.1) is 7.11 Å². The number of nitrogens with zero attached hydrogens (tertiary/aromatic N) is 1. The van der Waals surface area contributed by atoms with Crippen LogP contribution >= 0.6 is 12.4 Å². The second kappa shape index (κ2) is 4.12. The van der Waals surface area contributed by atoms with Crippen LogP contribution in [0.1, 0.15) is 17.0 Å². The molecule has 3 heteroatoms. The molecule has 1 aliphatic heterocycles. The molecule has 2 atom stereocenters. The van der Waals surface area contributed by atoms with Crippen LogP contribution in [-0.4, -0.2) is 25.3 Å². The van der Waals surface area contributed by atoms with Crippen molar-refractivity contribution in [2.45, 2.75) is 12.3 Å². The molecular weight excluding hydrogens is 210 g/mol. The average Bonchev–Trinajstić information content (AvgIpc) is 2.73. The van der Waals surface area contributed by atoms with E-state index in [9.17, 15) is 0 Å². The third-order valence-electron chi connectivity index (χ3n) is 3.60. The molecule has 0 amide bonds. The van der Waals surface area contributed by atoms with Crippen molar-refractivity contribution >= 4 is 12.4 Å². The minimum absolute atomic E-state index is 0. The monoisotopic (exact) mass is 225 g/mol. The van der Waals surface area contributed by atoms with Crippen molar-refractivity contribution in [2.24, 2.45) is 5.92 Å². The minimum atomic E-state index is 0. The Hall–Kier alpha value is -0.570. The van der Waals surface area contributed by atoms with E-state index in [-0.39, 0.29) is 12.4 Å². The van der Waals surface area contributed by atoms with Gasteiger partial charge in [-0.15, -0.1) is 12.4 Å². The van der Waals surface area contributed by atoms with E-state index in [1.165, 1.54) is 6.42 Å². The van der Waals surface area contributed by atoms with E-state index in [1.54, 1.807) is 18.2 Å². The van der Waals surface area contributed by atoms with Crippen molar-refractivity contribution in [3.63, 3.8) is 0 Å². The Morgan fingerprint density at radius 3 is 2.87 bits per heavy atom. The largest absolute Gasteiger partial charge is 0.302 e. The van der Waals surface area contributed by atoms with E-state index in [4.69, 9.17) is 4.84 Å². The van der Waals surface area contributed by atoms with E-state index in [1.807, 2.05) is 0 Å². The molecule has 0 bridgehead atoms. The number of benzene rings is 1. The highest BCUT2D eigenvalue weighted by molar-refractivity contribution is 5.85. The number of fused-ring (bicyclic) bond motifs is 3. The van der Waals surface area contributed by atoms with Gasteiger partial charge in [0, 0.05) is 19.0 Å². The summed E-state index contributed by atoms with van der Waals surface area (Å²) >= 11 is 0. The van der Waals surface area contributed by atoms with Gasteiger partial charge in [-0.2, -0.15) is 5.06 Å². The maximum Gasteiger partial charge on any atom is 0.0575 e. The molecule has 1 aliphatic carbocycles. The molecular formula is C12H16ClNO. The Balaban J connectivity index is 0.000000853. The fraction of sp³-hybridized carbons (Fsp3) is 0.500. The first-order valence-electron chi connectivity index (χ1n) is 5.25. The van der Waals surface area contributed by atoms with Crippen LogP contribution in [0.25, 0.3) is 0 Å². The van der Waals surface area contributed by atoms with Gasteiger partial charge in [-0.05, 0) is 23.5 Å². The highest BCUT2D eigenvalue weighted by Crippen LogP contribution is 2.42. The first-order chi connectivity index (χ1) is 6.88. The van der Waals surface area contributed by atoms with E-state index in [2.05, 4.69) is 29.3 Å². The second-order valence-electron chi connectivity index (χ2n) is 4.30. The highest BCUT2D eigenvalue weighted by Gasteiger charge is 2.39. The number of hydroxylamine groups is 2. The number of rotatable bonds is 1. The third kappa shape index (κ3) is 1.67. The molecule has 2 aliphatic rings. The Morgan fingerprint density at radius 1 is 1.27 bits per heavy atom. The van der Waals surface area contributed by atoms with Gasteiger partial charge in [-0.3, -0.25) is 0 Å². The molecule has 1 saturated heterocycles. The smallest absolute Gasteiger partial charge is 0.0575 e. The lowest BCUT2D eigenvalue weighted by Crippen LogP contribution is -2.20. The number of hydrogen-bond donors (Lipinski definition) is 0. The lowest BCUT2D eigenvalue weighted by Gasteiger charge is -2.13. The molecule has 0 N–H and O–H groups in total. The summed E-state index contributed by atoms with van der Waals surface area (Å²) in [4.78, 5) is 5.30. The number of halogens is 1. The lowest BCUT2D eigenvalue weighted by molar-refractivity contribution is -0.115. The van der Waals surface area contributed by atoms with Crippen molar-refractivity contribution in [2.75, 3.05) is 20.2 Å². The zero-order chi connectivity index (χ0) is 9.54. The van der Waals surface area contributed by atoms with Gasteiger partial charge in [-0.25, -0.2) is 0 Å². The van der Waals surface area contributed by atoms with Gasteiger partial charge in [-0.1, -0.05) is 24.3 Å². The summed E-state index contributed by atoms with van der Waals surface area (Å²) < 4.78 is 0. The van der Waals surface area contributed by atoms with E-state index in [0.717, 1.165) is 19.0 Å². The predicted octanol–water partition coefficient (Wildman–Crippen LogP) is 2.24. The number of hydrogen-bond acceptors (Lipinski definition) is 2. The molecule has 3 rings (SSSR count). The van der Waals surface area contributed by atoms with Crippen LogP contribution in [-0.2, 0) is 11.3 Å². The summed E-state index contributed by atoms with van der Waals surface area (Å²) in [6, 6.07) is 8.84. The molecule has 2 nitrogen and oxygen atoms in total. The summed E-state index contributed by atoms with van der Waals surface area (Å²) in [5.41, 5.74) is 3.11. The van der Waals surface area contributed by atoms with Gasteiger partial charge < -0.3 is 4.84 Å². The Bertz CT molecular complexity index is 355. The molecule has 0 spiro atoms. The Kier molecular flexibility index (Phi) is 3.01. The standard InChI is InChI=1S/C12H15NO.ClH/c1-14-13-7-10-6-9-4-2-3-5-11(9)12(10)8-13;/h2-5,10,12H,6-8H2,1H3;1H. The molecule has 1 aromatic rings. The van der Waals surface area contributed by atoms with Gasteiger partial charge in [0.2, 0.25) is 0 Å². The average molecular weight is 226 g/mol. The maximum atomic E-state index is 5.30. The van der Waals surface area contributed by atoms with Gasteiger partial charge in [0.15, 0.2) is 0 Å². The molecule has 15 heavy (non-hydrogen) atoms. The molecule has 0 aromatic heterocycles. The van der Waals surface area contributed by atoms with Crippen molar-refractivity contribution in [3.8, 4) is 0 Å². The fourth-order valence-corrected chi connectivity index (χ4v) is 2.90. The zero-order valence-corrected chi connectivity index (χ0v) is 9.67. The molecule has 0 radical (unpaired) electrons. The van der Waals surface area contributed by atoms with Crippen LogP contribution < -0.4 is 0 Å². The van der Waals surface area contributed by atoms with Gasteiger partial charge in [0.25, 0.3) is 0 Å². The second-order valence-corrected chi connectivity index (χ2v) is 4.30. The first-order valence-corrected chi connectivity index (χ1v) is 5.25. The van der Waals surface area contributed by atoms with Crippen molar-refractivity contribution in [1.82, 2.24) is 5.06 Å². The first kappa shape index (κ1) is 10.9. The maximum absolute atomic E-state index is 5.30. The normalized spacial score (nSPS) is 28.3. The summed E-state index contributed by atoms with van der Waals surface area (Å²) in [7, 11) is 1.77. The van der Waals surface area contributed by atoms with Crippen LogP contribution in [0.3, 0.4) is 0 Å². The molecule has 1 fully saturated rings. The van der Waals surface area contributed by atoms with E-state index < -0.39 is 0 Å². The minimum Gasteiger partial charge on any atom is -0.302 e. The van der Waals surface area contributed by atoms with Gasteiger partial charge in [0.1, 0.15) is 0 Å². The van der Waals surface area contributed by atoms with Crippen molar-refractivity contribution < 1.29 is 4.84 Å². The lowest BCUT2D eigenvalue weighted by atomic mass is 9.97. The Labute approximate surface area is 96.6 Å². The van der Waals surface area contributed by atoms with Crippen molar-refractivity contribution in [3.05, 3.63) is 35.4 Å². The molecule has 1 aromatic carbocycles. The summed E-state index contributed by atoms with van der Waals surface area (Å²) in [5.74, 6) is 1.50. The van der Waals surface area contributed by atoms with E-state index >= 15 is 0 Å². The van der Waals surface area contributed by atoms with Crippen LogP contribution in [0.2, 0.25) is 0 Å². The Morgan fingerprint density at radius 2 is 2.07 bits per heavy atom.